The van der Waals surface area contributed by atoms with Crippen molar-refractivity contribution in [2.24, 2.45) is 5.41 Å². The zero-order valence-corrected chi connectivity index (χ0v) is 31.9. The normalized spacial score (nSPS) is 23.4. The van der Waals surface area contributed by atoms with Gasteiger partial charge in [0.05, 0.1) is 11.7 Å². The van der Waals surface area contributed by atoms with E-state index in [9.17, 15) is 9.59 Å². The molecule has 2 amide bonds. The minimum absolute atomic E-state index is 0.172. The van der Waals surface area contributed by atoms with E-state index in [2.05, 4.69) is 99.2 Å². The SMILES string of the molecule is CC(C)(c1ccc(OCc2ccnc(N3CCC4(CC3)CNC4)n2)cc1)c1ccc(OC2CC(Nc3ccc4c(c3)CN(C3CCC(=O)NC3=O)C4)C2)cc1. The predicted molar refractivity (Wildman–Crippen MR) is 211 cm³/mol. The third-order valence-corrected chi connectivity index (χ3v) is 12.7. The lowest BCUT2D eigenvalue weighted by molar-refractivity contribution is -0.137. The maximum absolute atomic E-state index is 12.4. The van der Waals surface area contributed by atoms with Crippen LogP contribution >= 0.6 is 0 Å². The van der Waals surface area contributed by atoms with Crippen molar-refractivity contribution in [3.8, 4) is 11.5 Å². The number of nitrogens with zero attached hydrogens (tertiary/aromatic N) is 4. The summed E-state index contributed by atoms with van der Waals surface area (Å²) in [5, 5.41) is 9.60. The molecule has 1 saturated carbocycles. The zero-order chi connectivity index (χ0) is 37.6. The van der Waals surface area contributed by atoms with Gasteiger partial charge in [0, 0.05) is 81.9 Å². The molecular formula is C44H51N7O4. The summed E-state index contributed by atoms with van der Waals surface area (Å²) in [6.45, 7) is 10.7. The van der Waals surface area contributed by atoms with Crippen LogP contribution in [0.4, 0.5) is 11.6 Å². The Morgan fingerprint density at radius 1 is 0.891 bits per heavy atom. The van der Waals surface area contributed by atoms with Crippen molar-refractivity contribution < 1.29 is 19.1 Å². The monoisotopic (exact) mass is 741 g/mol. The molecule has 9 rings (SSSR count). The van der Waals surface area contributed by atoms with Gasteiger partial charge in [0.2, 0.25) is 17.8 Å². The first-order chi connectivity index (χ1) is 26.7. The fourth-order valence-electron chi connectivity index (χ4n) is 8.84. The van der Waals surface area contributed by atoms with E-state index >= 15 is 0 Å². The smallest absolute Gasteiger partial charge is 0.243 e. The number of carbonyl (C=O) groups excluding carboxylic acids is 2. The molecular weight excluding hydrogens is 691 g/mol. The van der Waals surface area contributed by atoms with Crippen molar-refractivity contribution in [3.63, 3.8) is 0 Å². The van der Waals surface area contributed by atoms with Gasteiger partial charge >= 0.3 is 0 Å². The molecule has 3 N–H and O–H groups in total. The fourth-order valence-corrected chi connectivity index (χ4v) is 8.84. The van der Waals surface area contributed by atoms with Crippen molar-refractivity contribution in [3.05, 3.63) is 107 Å². The van der Waals surface area contributed by atoms with E-state index in [-0.39, 0.29) is 29.4 Å². The molecule has 11 nitrogen and oxygen atoms in total. The van der Waals surface area contributed by atoms with Crippen LogP contribution in [0.15, 0.2) is 79.0 Å². The maximum atomic E-state index is 12.4. The number of amides is 2. The Morgan fingerprint density at radius 3 is 2.29 bits per heavy atom. The first kappa shape index (κ1) is 35.7. The topological polar surface area (TPSA) is 121 Å². The number of hydrogen-bond donors (Lipinski definition) is 3. The van der Waals surface area contributed by atoms with Gasteiger partial charge in [0.1, 0.15) is 24.2 Å². The molecule has 4 fully saturated rings. The van der Waals surface area contributed by atoms with Gasteiger partial charge in [-0.25, -0.2) is 9.97 Å². The van der Waals surface area contributed by atoms with Crippen LogP contribution in [-0.4, -0.2) is 71.0 Å². The van der Waals surface area contributed by atoms with E-state index in [1.807, 2.05) is 24.4 Å². The van der Waals surface area contributed by atoms with Gasteiger partial charge in [-0.15, -0.1) is 0 Å². The van der Waals surface area contributed by atoms with Crippen LogP contribution < -0.4 is 30.3 Å². The van der Waals surface area contributed by atoms with Gasteiger partial charge in [-0.05, 0) is 89.4 Å². The number of fused-ring (bicyclic) bond motifs is 1. The molecule has 4 aliphatic heterocycles. The first-order valence-corrected chi connectivity index (χ1v) is 19.9. The van der Waals surface area contributed by atoms with Crippen molar-refractivity contribution >= 4 is 23.5 Å². The van der Waals surface area contributed by atoms with Crippen LogP contribution in [0.5, 0.6) is 11.5 Å². The Balaban J connectivity index is 0.730. The largest absolute Gasteiger partial charge is 0.490 e. The molecule has 55 heavy (non-hydrogen) atoms. The molecule has 0 radical (unpaired) electrons. The van der Waals surface area contributed by atoms with Gasteiger partial charge in [-0.2, -0.15) is 0 Å². The number of aromatic nitrogens is 2. The van der Waals surface area contributed by atoms with Gasteiger partial charge < -0.3 is 25.0 Å². The predicted octanol–water partition coefficient (Wildman–Crippen LogP) is 5.71. The number of piperidine rings is 2. The van der Waals surface area contributed by atoms with E-state index in [1.54, 1.807) is 0 Å². The Bertz CT molecular complexity index is 2030. The van der Waals surface area contributed by atoms with Gasteiger partial charge in [-0.1, -0.05) is 44.2 Å². The number of ether oxygens (including phenoxy) is 2. The summed E-state index contributed by atoms with van der Waals surface area (Å²) in [7, 11) is 0. The third-order valence-electron chi connectivity index (χ3n) is 12.7. The van der Waals surface area contributed by atoms with Crippen LogP contribution in [0.25, 0.3) is 0 Å². The first-order valence-electron chi connectivity index (χ1n) is 19.9. The molecule has 5 heterocycles. The molecule has 11 heteroatoms. The molecule has 1 atom stereocenters. The summed E-state index contributed by atoms with van der Waals surface area (Å²) < 4.78 is 12.5. The van der Waals surface area contributed by atoms with Gasteiger partial charge in [-0.3, -0.25) is 19.8 Å². The van der Waals surface area contributed by atoms with Crippen LogP contribution in [0, 0.1) is 5.41 Å². The lowest BCUT2D eigenvalue weighted by atomic mass is 9.73. The van der Waals surface area contributed by atoms with Crippen molar-refractivity contribution in [1.29, 1.82) is 0 Å². The molecule has 3 aromatic carbocycles. The van der Waals surface area contributed by atoms with Crippen molar-refractivity contribution in [2.45, 2.75) is 95.7 Å². The highest BCUT2D eigenvalue weighted by atomic mass is 16.5. The standard InChI is InChI=1S/C44H51N7O4/c1-43(2,31-4-9-36(10-5-31)54-26-34-15-18-46-42(48-34)50-19-16-44(17-20-50)27-45-28-44)32-6-11-37(12-7-32)55-38-22-35(23-38)47-33-8-3-29-24-51(25-30(29)21-33)39-13-14-40(52)49-41(39)53/h3-12,15,18,21,35,38-39,45,47H,13-14,16-17,19-20,22-28H2,1-2H3,(H,49,52,53). The second-order valence-corrected chi connectivity index (χ2v) is 16.8. The summed E-state index contributed by atoms with van der Waals surface area (Å²) in [4.78, 5) is 37.9. The molecule has 286 valence electrons. The van der Waals surface area contributed by atoms with Crippen molar-refractivity contribution in [1.82, 2.24) is 25.5 Å². The number of imide groups is 1. The molecule has 5 aliphatic rings. The van der Waals surface area contributed by atoms with Gasteiger partial charge in [0.15, 0.2) is 0 Å². The minimum Gasteiger partial charge on any atom is -0.490 e. The van der Waals surface area contributed by atoms with Crippen molar-refractivity contribution in [2.75, 3.05) is 36.4 Å². The highest BCUT2D eigenvalue weighted by molar-refractivity contribution is 6.00. The van der Waals surface area contributed by atoms with Crippen LogP contribution in [0.1, 0.15) is 80.3 Å². The quantitative estimate of drug-likeness (QED) is 0.165. The average molecular weight is 742 g/mol. The van der Waals surface area contributed by atoms with E-state index in [0.29, 0.717) is 30.9 Å². The summed E-state index contributed by atoms with van der Waals surface area (Å²) in [6, 6.07) is 25.5. The molecule has 0 bridgehead atoms. The maximum Gasteiger partial charge on any atom is 0.243 e. The number of rotatable bonds is 11. The summed E-state index contributed by atoms with van der Waals surface area (Å²) >= 11 is 0. The van der Waals surface area contributed by atoms with E-state index in [4.69, 9.17) is 14.5 Å². The summed E-state index contributed by atoms with van der Waals surface area (Å²) in [5.41, 5.74) is 7.22. The highest BCUT2D eigenvalue weighted by Crippen LogP contribution is 2.37. The molecule has 3 saturated heterocycles. The summed E-state index contributed by atoms with van der Waals surface area (Å²) in [6.07, 6.45) is 7.28. The molecule has 1 unspecified atom stereocenters. The molecule has 4 aromatic rings. The van der Waals surface area contributed by atoms with E-state index < -0.39 is 0 Å². The van der Waals surface area contributed by atoms with Gasteiger partial charge in [0.25, 0.3) is 0 Å². The zero-order valence-electron chi connectivity index (χ0n) is 31.9. The Hall–Kier alpha value is -5.00. The summed E-state index contributed by atoms with van der Waals surface area (Å²) in [5.74, 6) is 2.18. The second kappa shape index (κ2) is 14.6. The fraction of sp³-hybridized carbons (Fsp3) is 0.455. The molecule has 1 spiro atoms. The van der Waals surface area contributed by atoms with E-state index in [0.717, 1.165) is 80.9 Å². The Kier molecular flexibility index (Phi) is 9.46. The number of benzene rings is 3. The van der Waals surface area contributed by atoms with Crippen LogP contribution in [0.3, 0.4) is 0 Å². The van der Waals surface area contributed by atoms with Crippen LogP contribution in [-0.2, 0) is 34.7 Å². The Labute approximate surface area is 323 Å². The third kappa shape index (κ3) is 7.52. The van der Waals surface area contributed by atoms with E-state index in [1.165, 1.54) is 35.1 Å². The highest BCUT2D eigenvalue weighted by Gasteiger charge is 2.40. The average Bonchev–Trinajstić information content (AvgIpc) is 3.59. The lowest BCUT2D eigenvalue weighted by Gasteiger charge is -2.48. The second-order valence-electron chi connectivity index (χ2n) is 16.8. The number of nitrogens with one attached hydrogen (secondary N) is 3. The Morgan fingerprint density at radius 2 is 1.60 bits per heavy atom. The molecule has 1 aliphatic carbocycles. The minimum atomic E-state index is -0.239. The molecule has 1 aromatic heterocycles. The number of carbonyl (C=O) groups is 2. The number of hydrogen-bond acceptors (Lipinski definition) is 10. The van der Waals surface area contributed by atoms with Crippen LogP contribution in [0.2, 0.25) is 0 Å². The lowest BCUT2D eigenvalue weighted by Crippen LogP contribution is -2.58. The number of anilines is 2.